The molecular weight excluding hydrogens is 392 g/mol. The molecule has 1 aliphatic heterocycles. The molecule has 4 nitrogen and oxygen atoms in total. The summed E-state index contributed by atoms with van der Waals surface area (Å²) in [6, 6.07) is 15.7. The van der Waals surface area contributed by atoms with Gasteiger partial charge >= 0.3 is 0 Å². The van der Waals surface area contributed by atoms with Crippen LogP contribution in [0.1, 0.15) is 41.7 Å². The monoisotopic (exact) mass is 414 g/mol. The Morgan fingerprint density at radius 3 is 2.31 bits per heavy atom. The zero-order valence-electron chi connectivity index (χ0n) is 14.8. The van der Waals surface area contributed by atoms with E-state index in [2.05, 4.69) is 26.1 Å². The quantitative estimate of drug-likeness (QED) is 0.739. The van der Waals surface area contributed by atoms with Crippen LogP contribution in [0.4, 0.5) is 5.69 Å². The van der Waals surface area contributed by atoms with Crippen LogP contribution in [-0.2, 0) is 4.79 Å². The molecule has 0 spiro atoms. The Balaban J connectivity index is 1.52. The van der Waals surface area contributed by atoms with Gasteiger partial charge in [0.05, 0.1) is 6.04 Å². The van der Waals surface area contributed by atoms with Crippen LogP contribution in [-0.4, -0.2) is 25.3 Å². The van der Waals surface area contributed by atoms with Gasteiger partial charge in [0, 0.05) is 34.7 Å². The van der Waals surface area contributed by atoms with Gasteiger partial charge < -0.3 is 10.2 Å². The molecule has 0 unspecified atom stereocenters. The Bertz CT molecular complexity index is 751. The lowest BCUT2D eigenvalue weighted by molar-refractivity contribution is -0.126. The molecular formula is C21H23BrN2O2. The topological polar surface area (TPSA) is 49.4 Å². The van der Waals surface area contributed by atoms with E-state index in [9.17, 15) is 9.59 Å². The number of aldehydes is 1. The van der Waals surface area contributed by atoms with Crippen molar-refractivity contribution in [2.45, 2.75) is 25.8 Å². The van der Waals surface area contributed by atoms with Crippen LogP contribution in [0.3, 0.4) is 0 Å². The molecule has 1 atom stereocenters. The van der Waals surface area contributed by atoms with E-state index in [1.807, 2.05) is 55.5 Å². The van der Waals surface area contributed by atoms with Crippen molar-refractivity contribution in [1.29, 1.82) is 0 Å². The van der Waals surface area contributed by atoms with Crippen molar-refractivity contribution in [2.24, 2.45) is 5.92 Å². The highest BCUT2D eigenvalue weighted by atomic mass is 79.9. The molecule has 26 heavy (non-hydrogen) atoms. The summed E-state index contributed by atoms with van der Waals surface area (Å²) in [6.07, 6.45) is 2.54. The van der Waals surface area contributed by atoms with Crippen LogP contribution in [0.2, 0.25) is 0 Å². The Labute approximate surface area is 162 Å². The number of nitrogens with one attached hydrogen (secondary N) is 1. The lowest BCUT2D eigenvalue weighted by Crippen LogP contribution is -2.41. The summed E-state index contributed by atoms with van der Waals surface area (Å²) in [7, 11) is 0. The highest BCUT2D eigenvalue weighted by molar-refractivity contribution is 9.10. The van der Waals surface area contributed by atoms with Crippen molar-refractivity contribution in [3.63, 3.8) is 0 Å². The molecule has 0 aromatic heterocycles. The zero-order chi connectivity index (χ0) is 18.5. The Morgan fingerprint density at radius 1 is 1.12 bits per heavy atom. The first-order chi connectivity index (χ1) is 12.6. The molecule has 0 radical (unpaired) electrons. The average molecular weight is 415 g/mol. The van der Waals surface area contributed by atoms with Gasteiger partial charge in [-0.05, 0) is 61.7 Å². The van der Waals surface area contributed by atoms with Crippen molar-refractivity contribution >= 4 is 33.8 Å². The van der Waals surface area contributed by atoms with Gasteiger partial charge in [-0.1, -0.05) is 28.1 Å². The maximum absolute atomic E-state index is 12.6. The lowest BCUT2D eigenvalue weighted by atomic mass is 9.94. The third kappa shape index (κ3) is 4.52. The highest BCUT2D eigenvalue weighted by Gasteiger charge is 2.26. The van der Waals surface area contributed by atoms with Crippen LogP contribution in [0, 0.1) is 5.92 Å². The first kappa shape index (κ1) is 18.6. The lowest BCUT2D eigenvalue weighted by Gasteiger charge is -2.33. The molecule has 1 amide bonds. The summed E-state index contributed by atoms with van der Waals surface area (Å²) >= 11 is 3.43. The summed E-state index contributed by atoms with van der Waals surface area (Å²) < 4.78 is 1.04. The maximum atomic E-state index is 12.6. The van der Waals surface area contributed by atoms with Gasteiger partial charge in [-0.15, -0.1) is 0 Å². The van der Waals surface area contributed by atoms with E-state index >= 15 is 0 Å². The van der Waals surface area contributed by atoms with Gasteiger partial charge in [0.15, 0.2) is 0 Å². The van der Waals surface area contributed by atoms with E-state index in [0.29, 0.717) is 5.56 Å². The van der Waals surface area contributed by atoms with Crippen LogP contribution in [0.25, 0.3) is 0 Å². The van der Waals surface area contributed by atoms with Gasteiger partial charge in [-0.3, -0.25) is 9.59 Å². The zero-order valence-corrected chi connectivity index (χ0v) is 16.4. The molecule has 1 aliphatic rings. The van der Waals surface area contributed by atoms with Gasteiger partial charge in [0.25, 0.3) is 0 Å². The summed E-state index contributed by atoms with van der Waals surface area (Å²) in [5, 5.41) is 3.14. The summed E-state index contributed by atoms with van der Waals surface area (Å²) in [6.45, 7) is 3.72. The molecule has 1 heterocycles. The van der Waals surface area contributed by atoms with E-state index in [1.54, 1.807) is 0 Å². The predicted octanol–water partition coefficient (Wildman–Crippen LogP) is 4.36. The summed E-state index contributed by atoms with van der Waals surface area (Å²) in [5.74, 6) is 0.190. The molecule has 1 saturated heterocycles. The van der Waals surface area contributed by atoms with Gasteiger partial charge in [0.1, 0.15) is 6.29 Å². The maximum Gasteiger partial charge on any atom is 0.223 e. The first-order valence-electron chi connectivity index (χ1n) is 8.93. The standard InChI is InChI=1S/C21H23BrN2O2/c1-15(17-4-6-19(22)7-5-17)23-21(26)18-10-12-24(13-11-18)20-8-2-16(14-25)3-9-20/h2-9,14-15,18H,10-13H2,1H3,(H,23,26)/t15-/m0/s1. The van der Waals surface area contributed by atoms with Crippen molar-refractivity contribution in [1.82, 2.24) is 5.32 Å². The number of rotatable bonds is 5. The van der Waals surface area contributed by atoms with Crippen LogP contribution < -0.4 is 10.2 Å². The van der Waals surface area contributed by atoms with Crippen molar-refractivity contribution < 1.29 is 9.59 Å². The number of amides is 1. The van der Waals surface area contributed by atoms with Crippen LogP contribution >= 0.6 is 15.9 Å². The minimum absolute atomic E-state index is 0.00418. The van der Waals surface area contributed by atoms with E-state index in [-0.39, 0.29) is 17.9 Å². The van der Waals surface area contributed by atoms with E-state index in [4.69, 9.17) is 0 Å². The number of hydrogen-bond acceptors (Lipinski definition) is 3. The molecule has 2 aromatic carbocycles. The fraction of sp³-hybridized carbons (Fsp3) is 0.333. The molecule has 3 rings (SSSR count). The Kier molecular flexibility index (Phi) is 6.09. The number of nitrogens with zero attached hydrogens (tertiary/aromatic N) is 1. The fourth-order valence-corrected chi connectivity index (χ4v) is 3.59. The number of carbonyl (C=O) groups is 2. The molecule has 2 aromatic rings. The second-order valence-corrected chi connectivity index (χ2v) is 7.67. The molecule has 5 heteroatoms. The molecule has 0 bridgehead atoms. The van der Waals surface area contributed by atoms with E-state index in [0.717, 1.165) is 47.9 Å². The highest BCUT2D eigenvalue weighted by Crippen LogP contribution is 2.25. The Morgan fingerprint density at radius 2 is 1.73 bits per heavy atom. The number of piperidine rings is 1. The minimum Gasteiger partial charge on any atom is -0.371 e. The van der Waals surface area contributed by atoms with E-state index < -0.39 is 0 Å². The predicted molar refractivity (Wildman–Crippen MR) is 107 cm³/mol. The third-order valence-electron chi connectivity index (χ3n) is 4.99. The van der Waals surface area contributed by atoms with Crippen molar-refractivity contribution in [2.75, 3.05) is 18.0 Å². The number of halogens is 1. The minimum atomic E-state index is 0.00418. The molecule has 1 fully saturated rings. The molecule has 136 valence electrons. The summed E-state index contributed by atoms with van der Waals surface area (Å²) in [5.41, 5.74) is 2.90. The molecule has 1 N–H and O–H groups in total. The fourth-order valence-electron chi connectivity index (χ4n) is 3.33. The Hall–Kier alpha value is -2.14. The number of carbonyl (C=O) groups excluding carboxylic acids is 2. The van der Waals surface area contributed by atoms with E-state index in [1.165, 1.54) is 0 Å². The molecule has 0 aliphatic carbocycles. The van der Waals surface area contributed by atoms with Gasteiger partial charge in [-0.25, -0.2) is 0 Å². The van der Waals surface area contributed by atoms with Crippen LogP contribution in [0.5, 0.6) is 0 Å². The first-order valence-corrected chi connectivity index (χ1v) is 9.72. The van der Waals surface area contributed by atoms with Crippen LogP contribution in [0.15, 0.2) is 53.0 Å². The summed E-state index contributed by atoms with van der Waals surface area (Å²) in [4.78, 5) is 25.6. The third-order valence-corrected chi connectivity index (χ3v) is 5.52. The number of benzene rings is 2. The number of anilines is 1. The second kappa shape index (κ2) is 8.49. The second-order valence-electron chi connectivity index (χ2n) is 6.75. The van der Waals surface area contributed by atoms with Crippen molar-refractivity contribution in [3.8, 4) is 0 Å². The molecule has 0 saturated carbocycles. The average Bonchev–Trinajstić information content (AvgIpc) is 2.68. The van der Waals surface area contributed by atoms with Gasteiger partial charge in [-0.2, -0.15) is 0 Å². The SMILES string of the molecule is C[C@H](NC(=O)C1CCN(c2ccc(C=O)cc2)CC1)c1ccc(Br)cc1. The normalized spacial score (nSPS) is 16.2. The van der Waals surface area contributed by atoms with Crippen molar-refractivity contribution in [3.05, 3.63) is 64.1 Å². The smallest absolute Gasteiger partial charge is 0.223 e. The van der Waals surface area contributed by atoms with Gasteiger partial charge in [0.2, 0.25) is 5.91 Å². The number of hydrogen-bond donors (Lipinski definition) is 1. The largest absolute Gasteiger partial charge is 0.371 e.